The Morgan fingerprint density at radius 2 is 1.85 bits per heavy atom. The number of nitrogens with zero attached hydrogens (tertiary/aromatic N) is 2. The fourth-order valence-electron chi connectivity index (χ4n) is 3.20. The van der Waals surface area contributed by atoms with Gasteiger partial charge in [-0.2, -0.15) is 5.10 Å². The van der Waals surface area contributed by atoms with E-state index in [1.807, 2.05) is 18.2 Å². The quantitative estimate of drug-likeness (QED) is 0.605. The fraction of sp³-hybridized carbons (Fsp3) is 0.263. The van der Waals surface area contributed by atoms with Gasteiger partial charge in [-0.15, -0.1) is 0 Å². The molecule has 1 aliphatic rings. The lowest BCUT2D eigenvalue weighted by Gasteiger charge is -2.23. The highest BCUT2D eigenvalue weighted by Crippen LogP contribution is 2.39. The molecular formula is C19H19BrN4O2. The van der Waals surface area contributed by atoms with Crippen LogP contribution in [0.4, 0.5) is 0 Å². The second-order valence-corrected chi connectivity index (χ2v) is 7.19. The van der Waals surface area contributed by atoms with Gasteiger partial charge in [-0.05, 0) is 61.8 Å². The van der Waals surface area contributed by atoms with Gasteiger partial charge in [0.25, 0.3) is 0 Å². The summed E-state index contributed by atoms with van der Waals surface area (Å²) in [5.41, 5.74) is 3.38. The van der Waals surface area contributed by atoms with Gasteiger partial charge in [-0.25, -0.2) is 5.10 Å². The molecular weight excluding hydrogens is 396 g/mol. The van der Waals surface area contributed by atoms with Crippen LogP contribution in [0.2, 0.25) is 0 Å². The molecule has 0 atom stereocenters. The van der Waals surface area contributed by atoms with Crippen molar-refractivity contribution in [3.63, 3.8) is 0 Å². The molecule has 3 heterocycles. The number of aromatic hydroxyl groups is 1. The first-order valence-electron chi connectivity index (χ1n) is 8.57. The normalized spacial score (nSPS) is 15.1. The Bertz CT molecular complexity index is 872. The average Bonchev–Trinajstić information content (AvgIpc) is 3.06. The van der Waals surface area contributed by atoms with E-state index in [4.69, 9.17) is 4.74 Å². The predicted octanol–water partition coefficient (Wildman–Crippen LogP) is 3.74. The lowest BCUT2D eigenvalue weighted by atomic mass is 10.0. The maximum Gasteiger partial charge on any atom is 0.218 e. The van der Waals surface area contributed by atoms with Gasteiger partial charge in [0, 0.05) is 22.4 Å². The predicted molar refractivity (Wildman–Crippen MR) is 103 cm³/mol. The zero-order valence-electron chi connectivity index (χ0n) is 14.1. The molecule has 1 aliphatic heterocycles. The number of ether oxygens (including phenoxy) is 1. The van der Waals surface area contributed by atoms with E-state index in [0.717, 1.165) is 52.8 Å². The second kappa shape index (κ2) is 7.47. The summed E-state index contributed by atoms with van der Waals surface area (Å²) in [5, 5.41) is 20.9. The SMILES string of the molecule is Oc1cc(Br)cc(-c2n[nH]c(OC3CCNCC3)c2-c2ccncc2)c1. The standard InChI is InChI=1S/C19H19BrN4O2/c20-14-9-13(10-15(25)11-14)18-17(12-1-5-21-6-2-12)19(24-23-18)26-16-3-7-22-8-4-16/h1-2,5-6,9-11,16,22,25H,3-4,7-8H2,(H,23,24). The molecule has 0 bridgehead atoms. The van der Waals surface area contributed by atoms with E-state index in [2.05, 4.69) is 36.4 Å². The van der Waals surface area contributed by atoms with Crippen molar-refractivity contribution < 1.29 is 9.84 Å². The van der Waals surface area contributed by atoms with Crippen LogP contribution in [0.3, 0.4) is 0 Å². The molecule has 0 spiro atoms. The van der Waals surface area contributed by atoms with Crippen molar-refractivity contribution in [1.82, 2.24) is 20.5 Å². The third-order valence-corrected chi connectivity index (χ3v) is 4.89. The number of phenols is 1. The Morgan fingerprint density at radius 3 is 2.58 bits per heavy atom. The number of aromatic amines is 1. The molecule has 6 nitrogen and oxygen atoms in total. The van der Waals surface area contributed by atoms with E-state index in [9.17, 15) is 5.11 Å². The van der Waals surface area contributed by atoms with E-state index in [0.29, 0.717) is 5.88 Å². The number of hydrogen-bond acceptors (Lipinski definition) is 5. The van der Waals surface area contributed by atoms with Gasteiger partial charge in [0.05, 0.1) is 5.56 Å². The average molecular weight is 415 g/mol. The van der Waals surface area contributed by atoms with E-state index in [1.165, 1.54) is 0 Å². The van der Waals surface area contributed by atoms with Crippen LogP contribution in [0.1, 0.15) is 12.8 Å². The first-order valence-corrected chi connectivity index (χ1v) is 9.36. The molecule has 0 saturated carbocycles. The van der Waals surface area contributed by atoms with Gasteiger partial charge in [-0.1, -0.05) is 15.9 Å². The lowest BCUT2D eigenvalue weighted by molar-refractivity contribution is 0.156. The van der Waals surface area contributed by atoms with Gasteiger partial charge in [0.1, 0.15) is 17.5 Å². The Balaban J connectivity index is 1.79. The van der Waals surface area contributed by atoms with Crippen LogP contribution in [0.5, 0.6) is 11.6 Å². The minimum atomic E-state index is 0.154. The molecule has 134 valence electrons. The molecule has 1 fully saturated rings. The summed E-state index contributed by atoms with van der Waals surface area (Å²) in [4.78, 5) is 4.10. The third kappa shape index (κ3) is 3.59. The molecule has 3 aromatic rings. The van der Waals surface area contributed by atoms with Gasteiger partial charge in [0.15, 0.2) is 0 Å². The number of rotatable bonds is 4. The van der Waals surface area contributed by atoms with Crippen molar-refractivity contribution in [2.75, 3.05) is 13.1 Å². The molecule has 0 radical (unpaired) electrons. The summed E-state index contributed by atoms with van der Waals surface area (Å²) < 4.78 is 7.04. The van der Waals surface area contributed by atoms with Gasteiger partial charge >= 0.3 is 0 Å². The monoisotopic (exact) mass is 414 g/mol. The van der Waals surface area contributed by atoms with Crippen LogP contribution in [-0.2, 0) is 0 Å². The van der Waals surface area contributed by atoms with Crippen LogP contribution in [0.15, 0.2) is 47.2 Å². The highest BCUT2D eigenvalue weighted by Gasteiger charge is 2.22. The number of hydrogen-bond donors (Lipinski definition) is 3. The minimum Gasteiger partial charge on any atom is -0.508 e. The topological polar surface area (TPSA) is 83.1 Å². The molecule has 7 heteroatoms. The molecule has 2 aromatic heterocycles. The number of nitrogens with one attached hydrogen (secondary N) is 2. The van der Waals surface area contributed by atoms with Crippen molar-refractivity contribution >= 4 is 15.9 Å². The Labute approximate surface area is 159 Å². The molecule has 1 saturated heterocycles. The molecule has 4 rings (SSSR count). The largest absolute Gasteiger partial charge is 0.508 e. The van der Waals surface area contributed by atoms with E-state index in [-0.39, 0.29) is 11.9 Å². The summed E-state index contributed by atoms with van der Waals surface area (Å²) in [7, 11) is 0. The summed E-state index contributed by atoms with van der Waals surface area (Å²) in [6, 6.07) is 9.13. The zero-order valence-corrected chi connectivity index (χ0v) is 15.7. The van der Waals surface area contributed by atoms with Crippen molar-refractivity contribution in [3.05, 3.63) is 47.2 Å². The van der Waals surface area contributed by atoms with Crippen molar-refractivity contribution in [1.29, 1.82) is 0 Å². The van der Waals surface area contributed by atoms with Crippen molar-refractivity contribution in [3.8, 4) is 34.0 Å². The number of aromatic nitrogens is 3. The highest BCUT2D eigenvalue weighted by molar-refractivity contribution is 9.10. The Morgan fingerprint density at radius 1 is 1.08 bits per heavy atom. The van der Waals surface area contributed by atoms with Crippen LogP contribution in [0.25, 0.3) is 22.4 Å². The Hall–Kier alpha value is -2.38. The van der Waals surface area contributed by atoms with Gasteiger partial charge < -0.3 is 15.2 Å². The maximum atomic E-state index is 9.97. The molecule has 0 amide bonds. The van der Waals surface area contributed by atoms with Gasteiger partial charge in [0.2, 0.25) is 5.88 Å². The third-order valence-electron chi connectivity index (χ3n) is 4.43. The second-order valence-electron chi connectivity index (χ2n) is 6.28. The summed E-state index contributed by atoms with van der Waals surface area (Å²) in [5.74, 6) is 0.830. The van der Waals surface area contributed by atoms with Gasteiger partial charge in [-0.3, -0.25) is 4.98 Å². The molecule has 26 heavy (non-hydrogen) atoms. The van der Waals surface area contributed by atoms with Crippen LogP contribution >= 0.6 is 15.9 Å². The van der Waals surface area contributed by atoms with Crippen LogP contribution in [0, 0.1) is 0 Å². The fourth-order valence-corrected chi connectivity index (χ4v) is 3.68. The van der Waals surface area contributed by atoms with Crippen molar-refractivity contribution in [2.45, 2.75) is 18.9 Å². The minimum absolute atomic E-state index is 0.154. The number of halogens is 1. The summed E-state index contributed by atoms with van der Waals surface area (Å²) >= 11 is 3.43. The first kappa shape index (κ1) is 17.1. The summed E-state index contributed by atoms with van der Waals surface area (Å²) in [6.07, 6.45) is 5.57. The summed E-state index contributed by atoms with van der Waals surface area (Å²) in [6.45, 7) is 1.91. The van der Waals surface area contributed by atoms with E-state index >= 15 is 0 Å². The number of H-pyrrole nitrogens is 1. The van der Waals surface area contributed by atoms with Crippen LogP contribution < -0.4 is 10.1 Å². The maximum absolute atomic E-state index is 9.97. The number of phenolic OH excluding ortho intramolecular Hbond substituents is 1. The molecule has 0 unspecified atom stereocenters. The number of benzene rings is 1. The van der Waals surface area contributed by atoms with Crippen molar-refractivity contribution in [2.24, 2.45) is 0 Å². The van der Waals surface area contributed by atoms with Crippen LogP contribution in [-0.4, -0.2) is 39.5 Å². The number of pyridine rings is 1. The highest BCUT2D eigenvalue weighted by atomic mass is 79.9. The molecule has 1 aromatic carbocycles. The lowest BCUT2D eigenvalue weighted by Crippen LogP contribution is -2.34. The molecule has 0 aliphatic carbocycles. The Kier molecular flexibility index (Phi) is 4.90. The van der Waals surface area contributed by atoms with E-state index in [1.54, 1.807) is 24.5 Å². The smallest absolute Gasteiger partial charge is 0.218 e. The molecule has 3 N–H and O–H groups in total. The first-order chi connectivity index (χ1) is 12.7. The van der Waals surface area contributed by atoms with E-state index < -0.39 is 0 Å². The zero-order chi connectivity index (χ0) is 17.9. The number of piperidine rings is 1.